The molecule has 2 N–H and O–H groups in total. The molecule has 2 aromatic heterocycles. The average molecular weight is 333 g/mol. The number of nitrogens with zero attached hydrogens (tertiary/aromatic N) is 2. The van der Waals surface area contributed by atoms with E-state index in [0.29, 0.717) is 16.0 Å². The summed E-state index contributed by atoms with van der Waals surface area (Å²) < 4.78 is 14.7. The number of hydrogen-bond donors (Lipinski definition) is 2. The Morgan fingerprint density at radius 1 is 1.43 bits per heavy atom. The maximum absolute atomic E-state index is 13.6. The Kier molecular flexibility index (Phi) is 3.83. The lowest BCUT2D eigenvalue weighted by Crippen LogP contribution is -2.29. The number of carboxylic acid groups (broad SMARTS) is 1. The third kappa shape index (κ3) is 2.68. The van der Waals surface area contributed by atoms with Crippen LogP contribution in [-0.2, 0) is 6.54 Å². The predicted molar refractivity (Wildman–Crippen MR) is 85.0 cm³/mol. The lowest BCUT2D eigenvalue weighted by molar-refractivity contribution is 0.0701. The molecule has 0 saturated carbocycles. The van der Waals surface area contributed by atoms with E-state index in [4.69, 9.17) is 5.11 Å². The first-order valence-electron chi connectivity index (χ1n) is 6.70. The molecule has 8 heteroatoms. The molecular formula is C15H12FN3O3S. The van der Waals surface area contributed by atoms with Crippen LogP contribution in [0.15, 0.2) is 35.4 Å². The SMILES string of the molecule is Cc1c(C(=O)O)sc2ncn(NCc3ccccc3F)c(=O)c12. The molecule has 3 rings (SSSR count). The van der Waals surface area contributed by atoms with Crippen molar-refractivity contribution in [3.8, 4) is 0 Å². The minimum atomic E-state index is -1.09. The second-order valence-corrected chi connectivity index (χ2v) is 5.89. The van der Waals surface area contributed by atoms with Crippen molar-refractivity contribution in [1.82, 2.24) is 9.66 Å². The number of benzene rings is 1. The lowest BCUT2D eigenvalue weighted by Gasteiger charge is -2.09. The van der Waals surface area contributed by atoms with Crippen LogP contribution in [0, 0.1) is 12.7 Å². The van der Waals surface area contributed by atoms with Crippen LogP contribution in [0.4, 0.5) is 4.39 Å². The van der Waals surface area contributed by atoms with E-state index in [0.717, 1.165) is 16.0 Å². The number of thiophene rings is 1. The van der Waals surface area contributed by atoms with Gasteiger partial charge in [0.25, 0.3) is 5.56 Å². The molecule has 0 fully saturated rings. The highest BCUT2D eigenvalue weighted by Gasteiger charge is 2.18. The molecule has 0 unspecified atom stereocenters. The van der Waals surface area contributed by atoms with Crippen LogP contribution in [0.5, 0.6) is 0 Å². The smallest absolute Gasteiger partial charge is 0.346 e. The second kappa shape index (κ2) is 5.81. The van der Waals surface area contributed by atoms with Gasteiger partial charge in [0, 0.05) is 5.56 Å². The molecule has 0 atom stereocenters. The van der Waals surface area contributed by atoms with Gasteiger partial charge in [0.05, 0.1) is 11.9 Å². The van der Waals surface area contributed by atoms with Gasteiger partial charge in [-0.15, -0.1) is 11.3 Å². The molecule has 1 aromatic carbocycles. The number of rotatable bonds is 4. The predicted octanol–water partition coefficient (Wildman–Crippen LogP) is 2.35. The number of nitrogens with one attached hydrogen (secondary N) is 1. The third-order valence-electron chi connectivity index (χ3n) is 3.44. The molecule has 23 heavy (non-hydrogen) atoms. The molecule has 0 amide bonds. The largest absolute Gasteiger partial charge is 0.477 e. The van der Waals surface area contributed by atoms with Gasteiger partial charge < -0.3 is 10.5 Å². The summed E-state index contributed by atoms with van der Waals surface area (Å²) in [5.41, 5.74) is 3.17. The summed E-state index contributed by atoms with van der Waals surface area (Å²) in [6.07, 6.45) is 1.27. The normalized spacial score (nSPS) is 10.9. The summed E-state index contributed by atoms with van der Waals surface area (Å²) in [6, 6.07) is 6.23. The van der Waals surface area contributed by atoms with Crippen molar-refractivity contribution in [2.45, 2.75) is 13.5 Å². The van der Waals surface area contributed by atoms with Gasteiger partial charge in [0.2, 0.25) is 0 Å². The fourth-order valence-corrected chi connectivity index (χ4v) is 3.23. The summed E-state index contributed by atoms with van der Waals surface area (Å²) in [5, 5.41) is 9.39. The van der Waals surface area contributed by atoms with Crippen LogP contribution in [0.3, 0.4) is 0 Å². The molecule has 6 nitrogen and oxygen atoms in total. The molecule has 0 bridgehead atoms. The van der Waals surface area contributed by atoms with Gasteiger partial charge in [-0.1, -0.05) is 18.2 Å². The molecule has 2 heterocycles. The maximum atomic E-state index is 13.6. The number of halogens is 1. The standard InChI is InChI=1S/C15H12FN3O3S/c1-8-11-13(23-12(8)15(21)22)17-7-19(14(11)20)18-6-9-4-2-3-5-10(9)16/h2-5,7,18H,6H2,1H3,(H,21,22). The Labute approximate surface area is 133 Å². The number of aryl methyl sites for hydroxylation is 1. The Morgan fingerprint density at radius 3 is 2.87 bits per heavy atom. The van der Waals surface area contributed by atoms with Crippen LogP contribution in [0.1, 0.15) is 20.8 Å². The lowest BCUT2D eigenvalue weighted by atomic mass is 10.2. The van der Waals surface area contributed by atoms with E-state index in [2.05, 4.69) is 10.4 Å². The van der Waals surface area contributed by atoms with Gasteiger partial charge in [-0.3, -0.25) is 4.79 Å². The quantitative estimate of drug-likeness (QED) is 0.766. The van der Waals surface area contributed by atoms with E-state index in [1.54, 1.807) is 25.1 Å². The van der Waals surface area contributed by atoms with E-state index in [9.17, 15) is 14.0 Å². The Balaban J connectivity index is 1.98. The van der Waals surface area contributed by atoms with Gasteiger partial charge in [-0.05, 0) is 18.6 Å². The first kappa shape index (κ1) is 15.2. The Hall–Kier alpha value is -2.74. The third-order valence-corrected chi connectivity index (χ3v) is 4.63. The van der Waals surface area contributed by atoms with E-state index < -0.39 is 11.5 Å². The highest BCUT2D eigenvalue weighted by molar-refractivity contribution is 7.20. The van der Waals surface area contributed by atoms with Crippen LogP contribution in [0.2, 0.25) is 0 Å². The summed E-state index contributed by atoms with van der Waals surface area (Å²) in [4.78, 5) is 28.2. The summed E-state index contributed by atoms with van der Waals surface area (Å²) in [5.74, 6) is -1.46. The topological polar surface area (TPSA) is 84.2 Å². The minimum Gasteiger partial charge on any atom is -0.477 e. The van der Waals surface area contributed by atoms with Crippen LogP contribution < -0.4 is 11.0 Å². The Bertz CT molecular complexity index is 964. The molecule has 0 aliphatic heterocycles. The molecule has 0 spiro atoms. The number of aromatic carboxylic acids is 1. The molecule has 0 aliphatic carbocycles. The molecule has 3 aromatic rings. The number of aromatic nitrogens is 2. The maximum Gasteiger partial charge on any atom is 0.346 e. The highest BCUT2D eigenvalue weighted by Crippen LogP contribution is 2.26. The molecule has 118 valence electrons. The van der Waals surface area contributed by atoms with E-state index in [1.807, 2.05) is 0 Å². The van der Waals surface area contributed by atoms with E-state index >= 15 is 0 Å². The number of carboxylic acids is 1. The van der Waals surface area contributed by atoms with Gasteiger partial charge >= 0.3 is 5.97 Å². The second-order valence-electron chi connectivity index (χ2n) is 4.89. The number of carbonyl (C=O) groups is 1. The first-order valence-corrected chi connectivity index (χ1v) is 7.52. The average Bonchev–Trinajstić information content (AvgIpc) is 2.86. The summed E-state index contributed by atoms with van der Waals surface area (Å²) in [7, 11) is 0. The highest BCUT2D eigenvalue weighted by atomic mass is 32.1. The minimum absolute atomic E-state index is 0.0939. The zero-order chi connectivity index (χ0) is 16.6. The molecule has 0 saturated heterocycles. The van der Waals surface area contributed by atoms with Crippen LogP contribution in [0.25, 0.3) is 10.2 Å². The van der Waals surface area contributed by atoms with Crippen LogP contribution >= 0.6 is 11.3 Å². The summed E-state index contributed by atoms with van der Waals surface area (Å²) >= 11 is 0.960. The molecule has 0 radical (unpaired) electrons. The van der Waals surface area contributed by atoms with Gasteiger partial charge in [-0.25, -0.2) is 18.8 Å². The zero-order valence-corrected chi connectivity index (χ0v) is 12.9. The van der Waals surface area contributed by atoms with Crippen molar-refractivity contribution in [1.29, 1.82) is 0 Å². The fraction of sp³-hybridized carbons (Fsp3) is 0.133. The van der Waals surface area contributed by atoms with Gasteiger partial charge in [0.1, 0.15) is 21.9 Å². The van der Waals surface area contributed by atoms with Crippen LogP contribution in [-0.4, -0.2) is 20.7 Å². The van der Waals surface area contributed by atoms with Crippen molar-refractivity contribution in [2.24, 2.45) is 0 Å². The molecule has 0 aliphatic rings. The van der Waals surface area contributed by atoms with E-state index in [-0.39, 0.29) is 22.6 Å². The van der Waals surface area contributed by atoms with Crippen molar-refractivity contribution in [3.63, 3.8) is 0 Å². The number of hydrogen-bond acceptors (Lipinski definition) is 5. The van der Waals surface area contributed by atoms with Crippen molar-refractivity contribution in [3.05, 3.63) is 62.8 Å². The molecular weight excluding hydrogens is 321 g/mol. The van der Waals surface area contributed by atoms with Crippen molar-refractivity contribution >= 4 is 27.5 Å². The fourth-order valence-electron chi connectivity index (χ4n) is 2.25. The van der Waals surface area contributed by atoms with Crippen molar-refractivity contribution < 1.29 is 14.3 Å². The summed E-state index contributed by atoms with van der Waals surface area (Å²) in [6.45, 7) is 1.68. The zero-order valence-electron chi connectivity index (χ0n) is 12.0. The van der Waals surface area contributed by atoms with Gasteiger partial charge in [-0.2, -0.15) is 0 Å². The van der Waals surface area contributed by atoms with Gasteiger partial charge in [0.15, 0.2) is 0 Å². The Morgan fingerprint density at radius 2 is 2.17 bits per heavy atom. The van der Waals surface area contributed by atoms with E-state index in [1.165, 1.54) is 12.4 Å². The van der Waals surface area contributed by atoms with Crippen molar-refractivity contribution in [2.75, 3.05) is 5.43 Å². The monoisotopic (exact) mass is 333 g/mol. The first-order chi connectivity index (χ1) is 11.0. The number of fused-ring (bicyclic) bond motifs is 1.